The van der Waals surface area contributed by atoms with Crippen LogP contribution in [0.25, 0.3) is 10.9 Å². The zero-order valence-corrected chi connectivity index (χ0v) is 15.2. The lowest BCUT2D eigenvalue weighted by atomic mass is 10.0. The van der Waals surface area contributed by atoms with Crippen LogP contribution in [0.2, 0.25) is 0 Å². The fraction of sp³-hybridized carbons (Fsp3) is 0.238. The van der Waals surface area contributed by atoms with E-state index in [2.05, 4.69) is 10.3 Å². The molecule has 0 amide bonds. The summed E-state index contributed by atoms with van der Waals surface area (Å²) < 4.78 is 10.9. The molecule has 2 aromatic carbocycles. The largest absolute Gasteiger partial charge is 0.495 e. The molecule has 3 aromatic rings. The van der Waals surface area contributed by atoms with Gasteiger partial charge in [-0.25, -0.2) is 0 Å². The normalized spacial score (nSPS) is 10.6. The third-order valence-corrected chi connectivity index (χ3v) is 4.22. The van der Waals surface area contributed by atoms with Crippen molar-refractivity contribution in [3.8, 4) is 11.5 Å². The van der Waals surface area contributed by atoms with Gasteiger partial charge in [-0.15, -0.1) is 0 Å². The minimum absolute atomic E-state index is 0.0575. The summed E-state index contributed by atoms with van der Waals surface area (Å²) in [4.78, 5) is 17.1. The number of fused-ring (bicyclic) bond motifs is 1. The number of nitrogens with zero attached hydrogens (tertiary/aromatic N) is 1. The molecule has 1 N–H and O–H groups in total. The fourth-order valence-corrected chi connectivity index (χ4v) is 2.95. The Balaban J connectivity index is 2.21. The molecule has 0 aliphatic heterocycles. The van der Waals surface area contributed by atoms with E-state index < -0.39 is 0 Å². The molecular weight excluding hydrogens is 328 g/mol. The van der Waals surface area contributed by atoms with E-state index in [0.717, 1.165) is 23.2 Å². The molecule has 26 heavy (non-hydrogen) atoms. The number of ketones is 1. The summed E-state index contributed by atoms with van der Waals surface area (Å²) >= 11 is 0. The number of Topliss-reactive ketones (excluding diaryl/α,β-unsaturated/α-hetero) is 1. The number of carbonyl (C=O) groups excluding carboxylic acids is 1. The van der Waals surface area contributed by atoms with Crippen molar-refractivity contribution in [2.75, 3.05) is 19.5 Å². The molecular formula is C21H22N2O3. The molecule has 3 rings (SSSR count). The zero-order valence-electron chi connectivity index (χ0n) is 15.2. The number of ether oxygens (including phenoxy) is 2. The standard InChI is InChI=1S/C21H22N2O3/c1-4-8-17(24)15-13-22-21-14(9-7-12-19(21)26-3)20(15)23-16-10-5-6-11-18(16)25-2/h5-7,9-13H,4,8H2,1-3H3,(H,22,23). The maximum Gasteiger partial charge on any atom is 0.166 e. The molecule has 5 nitrogen and oxygen atoms in total. The van der Waals surface area contributed by atoms with E-state index in [1.165, 1.54) is 0 Å². The Labute approximate surface area is 153 Å². The van der Waals surface area contributed by atoms with Crippen molar-refractivity contribution >= 4 is 28.1 Å². The topological polar surface area (TPSA) is 60.5 Å². The maximum atomic E-state index is 12.7. The number of methoxy groups -OCH3 is 2. The lowest BCUT2D eigenvalue weighted by Crippen LogP contribution is -2.06. The number of aromatic nitrogens is 1. The SMILES string of the molecule is CCCC(=O)c1cnc2c(OC)cccc2c1Nc1ccccc1OC. The van der Waals surface area contributed by atoms with Gasteiger partial charge in [-0.05, 0) is 24.6 Å². The van der Waals surface area contributed by atoms with Crippen molar-refractivity contribution in [2.24, 2.45) is 0 Å². The first-order chi connectivity index (χ1) is 12.7. The summed E-state index contributed by atoms with van der Waals surface area (Å²) in [7, 11) is 3.23. The maximum absolute atomic E-state index is 12.7. The van der Waals surface area contributed by atoms with Crippen LogP contribution in [0.4, 0.5) is 11.4 Å². The van der Waals surface area contributed by atoms with Gasteiger partial charge in [0, 0.05) is 18.0 Å². The number of hydrogen-bond donors (Lipinski definition) is 1. The molecule has 1 heterocycles. The summed E-state index contributed by atoms with van der Waals surface area (Å²) in [6.45, 7) is 1.99. The van der Waals surface area contributed by atoms with Gasteiger partial charge in [0.2, 0.25) is 0 Å². The van der Waals surface area contributed by atoms with Crippen molar-refractivity contribution in [1.82, 2.24) is 4.98 Å². The van der Waals surface area contributed by atoms with E-state index in [1.54, 1.807) is 20.4 Å². The quantitative estimate of drug-likeness (QED) is 0.609. The van der Waals surface area contributed by atoms with Crippen LogP contribution in [-0.4, -0.2) is 25.0 Å². The summed E-state index contributed by atoms with van der Waals surface area (Å²) in [5, 5.41) is 4.22. The monoisotopic (exact) mass is 350 g/mol. The molecule has 0 fully saturated rings. The van der Waals surface area contributed by atoms with Gasteiger partial charge >= 0.3 is 0 Å². The molecule has 1 aromatic heterocycles. The van der Waals surface area contributed by atoms with E-state index in [0.29, 0.717) is 29.0 Å². The molecule has 0 saturated carbocycles. The van der Waals surface area contributed by atoms with E-state index in [4.69, 9.17) is 9.47 Å². The smallest absolute Gasteiger partial charge is 0.166 e. The van der Waals surface area contributed by atoms with Crippen LogP contribution in [0.1, 0.15) is 30.1 Å². The summed E-state index contributed by atoms with van der Waals surface area (Å²) in [5.74, 6) is 1.43. The van der Waals surface area contributed by atoms with Crippen molar-refractivity contribution < 1.29 is 14.3 Å². The Hall–Kier alpha value is -3.08. The Morgan fingerprint density at radius 3 is 2.50 bits per heavy atom. The third-order valence-electron chi connectivity index (χ3n) is 4.22. The molecule has 0 radical (unpaired) electrons. The number of para-hydroxylation sites is 3. The number of carbonyl (C=O) groups is 1. The highest BCUT2D eigenvalue weighted by Crippen LogP contribution is 2.36. The van der Waals surface area contributed by atoms with Crippen LogP contribution < -0.4 is 14.8 Å². The highest BCUT2D eigenvalue weighted by atomic mass is 16.5. The average Bonchev–Trinajstić information content (AvgIpc) is 2.68. The summed E-state index contributed by atoms with van der Waals surface area (Å²) in [6, 6.07) is 13.3. The average molecular weight is 350 g/mol. The van der Waals surface area contributed by atoms with E-state index in [-0.39, 0.29) is 5.78 Å². The molecule has 0 unspecified atom stereocenters. The van der Waals surface area contributed by atoms with Crippen LogP contribution >= 0.6 is 0 Å². The predicted octanol–water partition coefficient (Wildman–Crippen LogP) is 4.98. The van der Waals surface area contributed by atoms with E-state index >= 15 is 0 Å². The van der Waals surface area contributed by atoms with Gasteiger partial charge in [0.25, 0.3) is 0 Å². The molecule has 0 aliphatic carbocycles. The van der Waals surface area contributed by atoms with Gasteiger partial charge in [0.1, 0.15) is 17.0 Å². The fourth-order valence-electron chi connectivity index (χ4n) is 2.95. The Morgan fingerprint density at radius 2 is 1.77 bits per heavy atom. The number of benzene rings is 2. The predicted molar refractivity (Wildman–Crippen MR) is 104 cm³/mol. The van der Waals surface area contributed by atoms with Crippen LogP contribution in [0, 0.1) is 0 Å². The van der Waals surface area contributed by atoms with Crippen LogP contribution in [0.5, 0.6) is 11.5 Å². The Kier molecular flexibility index (Phi) is 5.37. The number of anilines is 2. The lowest BCUT2D eigenvalue weighted by molar-refractivity contribution is 0.0982. The number of nitrogens with one attached hydrogen (secondary N) is 1. The van der Waals surface area contributed by atoms with Crippen LogP contribution in [0.3, 0.4) is 0 Å². The molecule has 0 spiro atoms. The molecule has 5 heteroatoms. The lowest BCUT2D eigenvalue weighted by Gasteiger charge is -2.17. The highest BCUT2D eigenvalue weighted by Gasteiger charge is 2.18. The van der Waals surface area contributed by atoms with E-state index in [9.17, 15) is 4.79 Å². The third kappa shape index (κ3) is 3.33. The van der Waals surface area contributed by atoms with Crippen molar-refractivity contribution in [1.29, 1.82) is 0 Å². The second kappa shape index (κ2) is 7.87. The van der Waals surface area contributed by atoms with Gasteiger partial charge in [-0.1, -0.05) is 31.2 Å². The van der Waals surface area contributed by atoms with Crippen molar-refractivity contribution in [3.63, 3.8) is 0 Å². The summed E-state index contributed by atoms with van der Waals surface area (Å²) in [6.07, 6.45) is 2.88. The molecule has 0 aliphatic rings. The number of pyridine rings is 1. The van der Waals surface area contributed by atoms with Gasteiger partial charge in [0.15, 0.2) is 5.78 Å². The van der Waals surface area contributed by atoms with Gasteiger partial charge in [-0.2, -0.15) is 0 Å². The second-order valence-electron chi connectivity index (χ2n) is 5.90. The molecule has 0 saturated heterocycles. The first-order valence-corrected chi connectivity index (χ1v) is 8.58. The summed E-state index contributed by atoms with van der Waals surface area (Å²) in [5.41, 5.74) is 2.78. The van der Waals surface area contributed by atoms with Crippen LogP contribution in [-0.2, 0) is 0 Å². The van der Waals surface area contributed by atoms with Gasteiger partial charge < -0.3 is 14.8 Å². The second-order valence-corrected chi connectivity index (χ2v) is 5.90. The molecule has 0 bridgehead atoms. The van der Waals surface area contributed by atoms with Gasteiger partial charge in [0.05, 0.1) is 31.2 Å². The van der Waals surface area contributed by atoms with E-state index in [1.807, 2.05) is 49.4 Å². The zero-order chi connectivity index (χ0) is 18.5. The highest BCUT2D eigenvalue weighted by molar-refractivity contribution is 6.10. The Bertz CT molecular complexity index is 938. The first-order valence-electron chi connectivity index (χ1n) is 8.58. The number of rotatable bonds is 7. The van der Waals surface area contributed by atoms with Crippen molar-refractivity contribution in [2.45, 2.75) is 19.8 Å². The van der Waals surface area contributed by atoms with Crippen LogP contribution in [0.15, 0.2) is 48.7 Å². The Morgan fingerprint density at radius 1 is 1.04 bits per heavy atom. The minimum Gasteiger partial charge on any atom is -0.495 e. The molecule has 134 valence electrons. The minimum atomic E-state index is 0.0575. The van der Waals surface area contributed by atoms with Gasteiger partial charge in [-0.3, -0.25) is 9.78 Å². The number of hydrogen-bond acceptors (Lipinski definition) is 5. The molecule has 0 atom stereocenters. The first kappa shape index (κ1) is 17.7. The van der Waals surface area contributed by atoms with Crippen molar-refractivity contribution in [3.05, 3.63) is 54.2 Å².